The molecule has 2 aliphatic rings. The zero-order valence-corrected chi connectivity index (χ0v) is 20.6. The number of para-hydroxylation sites is 1. The smallest absolute Gasteiger partial charge is 0.257 e. The molecule has 1 fully saturated rings. The van der Waals surface area contributed by atoms with E-state index in [-0.39, 0.29) is 49.3 Å². The van der Waals surface area contributed by atoms with E-state index in [0.29, 0.717) is 48.0 Å². The van der Waals surface area contributed by atoms with Crippen molar-refractivity contribution in [1.29, 1.82) is 0 Å². The molecule has 5 rings (SSSR count). The number of aromatic nitrogens is 3. The molecule has 1 N–H and O–H groups in total. The number of nitrogens with zero attached hydrogens (tertiary/aromatic N) is 5. The van der Waals surface area contributed by atoms with Crippen LogP contribution in [0.4, 0.5) is 0 Å². The fourth-order valence-electron chi connectivity index (χ4n) is 4.75. The number of methoxy groups -OCH3 is 1. The molecule has 12 heteroatoms. The number of carbonyl (C=O) groups is 3. The Hall–Kier alpha value is -4.35. The van der Waals surface area contributed by atoms with Gasteiger partial charge in [-0.25, -0.2) is 4.68 Å². The first-order valence-corrected chi connectivity index (χ1v) is 12.0. The van der Waals surface area contributed by atoms with Crippen LogP contribution in [-0.4, -0.2) is 82.9 Å². The van der Waals surface area contributed by atoms with Crippen molar-refractivity contribution in [1.82, 2.24) is 30.1 Å². The van der Waals surface area contributed by atoms with E-state index >= 15 is 0 Å². The molecule has 2 aliphatic heterocycles. The number of rotatable bonds is 2. The number of ether oxygens (including phenoxy) is 2. The van der Waals surface area contributed by atoms with Crippen LogP contribution in [0.5, 0.6) is 11.5 Å². The quantitative estimate of drug-likeness (QED) is 0.549. The molecular weight excluding hydrogens is 480 g/mol. The van der Waals surface area contributed by atoms with Gasteiger partial charge < -0.3 is 29.0 Å². The molecule has 2 bridgehead atoms. The summed E-state index contributed by atoms with van der Waals surface area (Å²) in [5.74, 6) is -0.0395. The highest BCUT2D eigenvalue weighted by atomic mass is 16.5. The molecule has 2 atom stereocenters. The number of carbonyl (C=O) groups excluding carboxylic acids is 3. The largest absolute Gasteiger partial charge is 0.493 e. The van der Waals surface area contributed by atoms with E-state index in [4.69, 9.17) is 13.9 Å². The first-order chi connectivity index (χ1) is 17.9. The number of amides is 3. The second-order valence-electron chi connectivity index (χ2n) is 9.15. The second-order valence-corrected chi connectivity index (χ2v) is 9.15. The van der Waals surface area contributed by atoms with Gasteiger partial charge in [0.15, 0.2) is 11.5 Å². The fourth-order valence-corrected chi connectivity index (χ4v) is 4.75. The van der Waals surface area contributed by atoms with Crippen LogP contribution in [0.3, 0.4) is 0 Å². The number of furan rings is 1. The molecule has 1 aromatic carbocycles. The number of hydrogen-bond donors (Lipinski definition) is 1. The number of hydrogen-bond acceptors (Lipinski definition) is 8. The van der Waals surface area contributed by atoms with Gasteiger partial charge in [-0.2, -0.15) is 0 Å². The lowest BCUT2D eigenvalue weighted by Crippen LogP contribution is -2.37. The van der Waals surface area contributed by atoms with Crippen LogP contribution < -0.4 is 14.8 Å². The van der Waals surface area contributed by atoms with E-state index in [2.05, 4.69) is 15.6 Å². The zero-order chi connectivity index (χ0) is 25.9. The fraction of sp³-hybridized carbons (Fsp3) is 0.400. The Morgan fingerprint density at radius 3 is 2.86 bits per heavy atom. The lowest BCUT2D eigenvalue weighted by molar-refractivity contribution is -0.122. The maximum Gasteiger partial charge on any atom is 0.257 e. The first-order valence-electron chi connectivity index (χ1n) is 12.0. The van der Waals surface area contributed by atoms with Crippen molar-refractivity contribution in [2.45, 2.75) is 19.1 Å². The minimum absolute atomic E-state index is 0.0555. The summed E-state index contributed by atoms with van der Waals surface area (Å²) in [4.78, 5) is 42.2. The van der Waals surface area contributed by atoms with Crippen molar-refractivity contribution in [2.24, 2.45) is 5.92 Å². The average Bonchev–Trinajstić information content (AvgIpc) is 3.67. The maximum absolute atomic E-state index is 13.2. The highest BCUT2D eigenvalue weighted by Gasteiger charge is 2.39. The average molecular weight is 509 g/mol. The van der Waals surface area contributed by atoms with Gasteiger partial charge in [-0.15, -0.1) is 5.10 Å². The molecule has 0 spiro atoms. The molecule has 0 saturated carbocycles. The Bertz CT molecular complexity index is 1290. The Balaban J connectivity index is 1.44. The van der Waals surface area contributed by atoms with Crippen molar-refractivity contribution in [3.05, 3.63) is 59.8 Å². The van der Waals surface area contributed by atoms with Crippen LogP contribution >= 0.6 is 0 Å². The minimum Gasteiger partial charge on any atom is -0.493 e. The number of nitrogens with one attached hydrogen (secondary N) is 1. The maximum atomic E-state index is 13.2. The Labute approximate surface area is 213 Å². The van der Waals surface area contributed by atoms with Crippen molar-refractivity contribution in [3.8, 4) is 11.5 Å². The molecule has 2 aromatic heterocycles. The van der Waals surface area contributed by atoms with E-state index in [1.807, 2.05) is 0 Å². The van der Waals surface area contributed by atoms with Crippen molar-refractivity contribution in [3.63, 3.8) is 0 Å². The summed E-state index contributed by atoms with van der Waals surface area (Å²) in [6.45, 7) is 1.41. The highest BCUT2D eigenvalue weighted by molar-refractivity contribution is 5.97. The molecule has 3 aromatic rings. The Morgan fingerprint density at radius 2 is 2.08 bits per heavy atom. The molecule has 3 amide bonds. The summed E-state index contributed by atoms with van der Waals surface area (Å²) in [6.07, 6.45) is 4.81. The third-order valence-electron chi connectivity index (χ3n) is 6.72. The van der Waals surface area contributed by atoms with Crippen LogP contribution in [-0.2, 0) is 11.4 Å². The van der Waals surface area contributed by atoms with Crippen molar-refractivity contribution >= 4 is 17.7 Å². The lowest BCUT2D eigenvalue weighted by atomic mass is 9.99. The van der Waals surface area contributed by atoms with E-state index in [1.54, 1.807) is 47.1 Å². The Morgan fingerprint density at radius 1 is 1.22 bits per heavy atom. The molecule has 194 valence electrons. The summed E-state index contributed by atoms with van der Waals surface area (Å²) >= 11 is 0. The van der Waals surface area contributed by atoms with E-state index in [0.717, 1.165) is 0 Å². The van der Waals surface area contributed by atoms with Gasteiger partial charge in [0.25, 0.3) is 11.8 Å². The molecule has 0 unspecified atom stereocenters. The van der Waals surface area contributed by atoms with Crippen LogP contribution in [0.2, 0.25) is 0 Å². The zero-order valence-electron chi connectivity index (χ0n) is 20.6. The normalized spacial score (nSPS) is 20.6. The van der Waals surface area contributed by atoms with E-state index in [1.165, 1.54) is 24.5 Å². The van der Waals surface area contributed by atoms with Crippen LogP contribution in [0.1, 0.15) is 38.9 Å². The molecule has 0 aliphatic carbocycles. The number of fused-ring (bicyclic) bond motifs is 5. The van der Waals surface area contributed by atoms with Gasteiger partial charge in [-0.3, -0.25) is 14.4 Å². The van der Waals surface area contributed by atoms with E-state index < -0.39 is 0 Å². The molecule has 1 saturated heterocycles. The molecule has 12 nitrogen and oxygen atoms in total. The highest BCUT2D eigenvalue weighted by Crippen LogP contribution is 2.34. The Kier molecular flexibility index (Phi) is 6.80. The minimum atomic E-state index is -0.261. The predicted octanol–water partition coefficient (Wildman–Crippen LogP) is 1.36. The first kappa shape index (κ1) is 24.3. The number of likely N-dealkylation sites (tertiary alicyclic amines) is 1. The van der Waals surface area contributed by atoms with Gasteiger partial charge in [0, 0.05) is 45.6 Å². The third-order valence-corrected chi connectivity index (χ3v) is 6.72. The molecule has 4 heterocycles. The van der Waals surface area contributed by atoms with Gasteiger partial charge in [-0.1, -0.05) is 11.3 Å². The van der Waals surface area contributed by atoms with Crippen molar-refractivity contribution < 1.29 is 28.3 Å². The van der Waals surface area contributed by atoms with Crippen LogP contribution in [0.25, 0.3) is 0 Å². The van der Waals surface area contributed by atoms with E-state index in [9.17, 15) is 14.4 Å². The summed E-state index contributed by atoms with van der Waals surface area (Å²) in [5, 5.41) is 11.4. The van der Waals surface area contributed by atoms with Gasteiger partial charge >= 0.3 is 0 Å². The summed E-state index contributed by atoms with van der Waals surface area (Å²) < 4.78 is 18.2. The number of benzene rings is 1. The molecule has 37 heavy (non-hydrogen) atoms. The summed E-state index contributed by atoms with van der Waals surface area (Å²) in [6, 6.07) is 6.48. The van der Waals surface area contributed by atoms with Gasteiger partial charge in [0.2, 0.25) is 5.91 Å². The SMILES string of the molecule is COc1cccc2c1OCc1cn(nn1)[C@@H]1CN(C(=O)c3ccoc3)C[C@@H]1CC(=O)NCCN(C)C2=O. The topological polar surface area (TPSA) is 132 Å². The molecule has 0 radical (unpaired) electrons. The second kappa shape index (κ2) is 10.3. The monoisotopic (exact) mass is 508 g/mol. The van der Waals surface area contributed by atoms with Crippen LogP contribution in [0.15, 0.2) is 47.4 Å². The lowest BCUT2D eigenvalue weighted by Gasteiger charge is -2.21. The number of likely N-dealkylation sites (N-methyl/N-ethyl adjacent to an activating group) is 1. The summed E-state index contributed by atoms with van der Waals surface area (Å²) in [5.41, 5.74) is 1.33. The summed E-state index contributed by atoms with van der Waals surface area (Å²) in [7, 11) is 3.17. The predicted molar refractivity (Wildman–Crippen MR) is 129 cm³/mol. The molecular formula is C25H28N6O6. The van der Waals surface area contributed by atoms with Crippen molar-refractivity contribution in [2.75, 3.05) is 40.3 Å². The standard InChI is InChI=1S/C25H28N6O6/c1-29-8-7-26-22(32)10-17-11-30(24(33)16-6-9-36-14-16)13-20(17)31-12-18(27-28-31)15-37-23-19(25(29)34)4-3-5-21(23)35-2/h3-6,9,12,14,17,20H,7-8,10-11,13,15H2,1-2H3,(H,26,32)/t17-,20+/m0/s1. The van der Waals surface area contributed by atoms with Gasteiger partial charge in [0.05, 0.1) is 36.7 Å². The van der Waals surface area contributed by atoms with Crippen LogP contribution in [0, 0.1) is 5.92 Å². The van der Waals surface area contributed by atoms with Gasteiger partial charge in [-0.05, 0) is 18.2 Å². The van der Waals surface area contributed by atoms with Gasteiger partial charge in [0.1, 0.15) is 18.6 Å². The third kappa shape index (κ3) is 4.99.